The molecule has 20 heavy (non-hydrogen) atoms. The molecule has 0 saturated carbocycles. The minimum absolute atomic E-state index is 0.0178. The maximum absolute atomic E-state index is 12.4. The predicted octanol–water partition coefficient (Wildman–Crippen LogP) is 1.21. The molecule has 0 spiro atoms. The smallest absolute Gasteiger partial charge is 0.179 e. The maximum Gasteiger partial charge on any atom is 0.179 e. The van der Waals surface area contributed by atoms with Crippen molar-refractivity contribution < 1.29 is 19.4 Å². The Bertz CT molecular complexity index is 405. The average molecular weight is 281 g/mol. The zero-order valence-corrected chi connectivity index (χ0v) is 12.3. The number of nitrogens with zero attached hydrogens (tertiary/aromatic N) is 1. The number of ether oxygens (including phenoxy) is 2. The van der Waals surface area contributed by atoms with Gasteiger partial charge in [-0.2, -0.15) is 0 Å². The fourth-order valence-electron chi connectivity index (χ4n) is 2.00. The summed E-state index contributed by atoms with van der Waals surface area (Å²) >= 11 is 0. The summed E-state index contributed by atoms with van der Waals surface area (Å²) in [7, 11) is 3.21. The summed E-state index contributed by atoms with van der Waals surface area (Å²) in [5, 5.41) is 9.10. The molecule has 0 heterocycles. The molecule has 1 rings (SSSR count). The van der Waals surface area contributed by atoms with Crippen LogP contribution in [0.3, 0.4) is 0 Å². The van der Waals surface area contributed by atoms with Gasteiger partial charge < -0.3 is 14.6 Å². The Hall–Kier alpha value is -1.43. The molecular formula is C15H23NO4. The van der Waals surface area contributed by atoms with Crippen LogP contribution in [0.4, 0.5) is 0 Å². The molecule has 5 nitrogen and oxygen atoms in total. The molecule has 1 aromatic carbocycles. The van der Waals surface area contributed by atoms with Crippen LogP contribution in [0, 0.1) is 0 Å². The van der Waals surface area contributed by atoms with E-state index in [1.54, 1.807) is 38.5 Å². The SMILES string of the molecule is COCCN(CCO)C(C)C(=O)c1ccc(OC)cc1. The highest BCUT2D eigenvalue weighted by Crippen LogP contribution is 2.14. The summed E-state index contributed by atoms with van der Waals surface area (Å²) in [4.78, 5) is 14.3. The zero-order chi connectivity index (χ0) is 15.0. The minimum Gasteiger partial charge on any atom is -0.497 e. The summed E-state index contributed by atoms with van der Waals surface area (Å²) in [6, 6.07) is 6.75. The van der Waals surface area contributed by atoms with Gasteiger partial charge in [0.2, 0.25) is 0 Å². The van der Waals surface area contributed by atoms with E-state index in [0.717, 1.165) is 5.75 Å². The van der Waals surface area contributed by atoms with Gasteiger partial charge in [0, 0.05) is 25.8 Å². The molecule has 112 valence electrons. The topological polar surface area (TPSA) is 59.0 Å². The Morgan fingerprint density at radius 1 is 1.25 bits per heavy atom. The first-order chi connectivity index (χ1) is 9.63. The van der Waals surface area contributed by atoms with E-state index < -0.39 is 0 Å². The molecule has 1 unspecified atom stereocenters. The predicted molar refractivity (Wildman–Crippen MR) is 77.3 cm³/mol. The molecule has 1 N–H and O–H groups in total. The summed E-state index contributed by atoms with van der Waals surface area (Å²) in [6.07, 6.45) is 0. The Kier molecular flexibility index (Phi) is 7.22. The van der Waals surface area contributed by atoms with Crippen LogP contribution in [0.5, 0.6) is 5.75 Å². The van der Waals surface area contributed by atoms with Gasteiger partial charge in [-0.15, -0.1) is 0 Å². The molecule has 0 fully saturated rings. The number of ketones is 1. The van der Waals surface area contributed by atoms with Crippen LogP contribution in [0.25, 0.3) is 0 Å². The number of Topliss-reactive ketones (excluding diaryl/α,β-unsaturated/α-hetero) is 1. The first-order valence-electron chi connectivity index (χ1n) is 6.66. The van der Waals surface area contributed by atoms with Crippen LogP contribution in [0.1, 0.15) is 17.3 Å². The molecule has 0 aliphatic heterocycles. The van der Waals surface area contributed by atoms with Crippen molar-refractivity contribution in [2.45, 2.75) is 13.0 Å². The molecule has 0 amide bonds. The second kappa shape index (κ2) is 8.68. The van der Waals surface area contributed by atoms with Crippen molar-refractivity contribution in [3.8, 4) is 5.75 Å². The highest BCUT2D eigenvalue weighted by atomic mass is 16.5. The third-order valence-electron chi connectivity index (χ3n) is 3.27. The van der Waals surface area contributed by atoms with Crippen molar-refractivity contribution in [3.05, 3.63) is 29.8 Å². The number of hydrogen-bond donors (Lipinski definition) is 1. The van der Waals surface area contributed by atoms with E-state index in [1.807, 2.05) is 11.8 Å². The normalized spacial score (nSPS) is 12.4. The lowest BCUT2D eigenvalue weighted by molar-refractivity contribution is 0.0730. The van der Waals surface area contributed by atoms with Crippen LogP contribution < -0.4 is 4.74 Å². The molecular weight excluding hydrogens is 258 g/mol. The standard InChI is InChI=1S/C15H23NO4/c1-12(16(8-10-17)9-11-19-2)15(18)13-4-6-14(20-3)7-5-13/h4-7,12,17H,8-11H2,1-3H3. The van der Waals surface area contributed by atoms with Gasteiger partial charge in [0.05, 0.1) is 26.4 Å². The van der Waals surface area contributed by atoms with Gasteiger partial charge >= 0.3 is 0 Å². The van der Waals surface area contributed by atoms with Crippen molar-refractivity contribution in [3.63, 3.8) is 0 Å². The Labute approximate surface area is 120 Å². The molecule has 5 heteroatoms. The number of hydrogen-bond acceptors (Lipinski definition) is 5. The van der Waals surface area contributed by atoms with E-state index in [-0.39, 0.29) is 18.4 Å². The number of aliphatic hydroxyl groups is 1. The van der Waals surface area contributed by atoms with Gasteiger partial charge in [-0.1, -0.05) is 0 Å². The second-order valence-corrected chi connectivity index (χ2v) is 4.52. The first kappa shape index (κ1) is 16.6. The summed E-state index contributed by atoms with van der Waals surface area (Å²) < 4.78 is 10.1. The largest absolute Gasteiger partial charge is 0.497 e. The molecule has 1 atom stereocenters. The average Bonchev–Trinajstić information content (AvgIpc) is 2.50. The molecule has 0 aromatic heterocycles. The number of rotatable bonds is 9. The number of benzene rings is 1. The minimum atomic E-state index is -0.300. The second-order valence-electron chi connectivity index (χ2n) is 4.52. The first-order valence-corrected chi connectivity index (χ1v) is 6.66. The van der Waals surface area contributed by atoms with Gasteiger partial charge in [0.1, 0.15) is 5.75 Å². The summed E-state index contributed by atoms with van der Waals surface area (Å²) in [5.41, 5.74) is 0.638. The van der Waals surface area contributed by atoms with E-state index in [4.69, 9.17) is 14.6 Å². The van der Waals surface area contributed by atoms with E-state index in [9.17, 15) is 4.79 Å². The number of carbonyl (C=O) groups is 1. The van der Waals surface area contributed by atoms with E-state index >= 15 is 0 Å². The molecule has 0 aliphatic rings. The highest BCUT2D eigenvalue weighted by Gasteiger charge is 2.21. The Balaban J connectivity index is 2.75. The van der Waals surface area contributed by atoms with E-state index in [0.29, 0.717) is 25.3 Å². The van der Waals surface area contributed by atoms with Crippen molar-refractivity contribution in [1.82, 2.24) is 4.90 Å². The van der Waals surface area contributed by atoms with Gasteiger partial charge in [-0.05, 0) is 31.2 Å². The zero-order valence-electron chi connectivity index (χ0n) is 12.3. The highest BCUT2D eigenvalue weighted by molar-refractivity contribution is 5.99. The molecule has 0 radical (unpaired) electrons. The lowest BCUT2D eigenvalue weighted by atomic mass is 10.0. The third-order valence-corrected chi connectivity index (χ3v) is 3.27. The van der Waals surface area contributed by atoms with Gasteiger partial charge in [-0.25, -0.2) is 0 Å². The third kappa shape index (κ3) is 4.59. The van der Waals surface area contributed by atoms with Crippen LogP contribution >= 0.6 is 0 Å². The molecule has 1 aromatic rings. The molecule has 0 aliphatic carbocycles. The van der Waals surface area contributed by atoms with Crippen molar-refractivity contribution in [2.75, 3.05) is 40.5 Å². The summed E-state index contributed by atoms with van der Waals surface area (Å²) in [5.74, 6) is 0.748. The van der Waals surface area contributed by atoms with Crippen LogP contribution in [0.2, 0.25) is 0 Å². The number of methoxy groups -OCH3 is 2. The van der Waals surface area contributed by atoms with Crippen LogP contribution in [-0.2, 0) is 4.74 Å². The Morgan fingerprint density at radius 2 is 1.90 bits per heavy atom. The lowest BCUT2D eigenvalue weighted by Gasteiger charge is -2.27. The monoisotopic (exact) mass is 281 g/mol. The maximum atomic E-state index is 12.4. The molecule has 0 saturated heterocycles. The number of carbonyl (C=O) groups excluding carboxylic acids is 1. The van der Waals surface area contributed by atoms with E-state index in [1.165, 1.54) is 0 Å². The fraction of sp³-hybridized carbons (Fsp3) is 0.533. The Morgan fingerprint density at radius 3 is 2.40 bits per heavy atom. The van der Waals surface area contributed by atoms with E-state index in [2.05, 4.69) is 0 Å². The van der Waals surface area contributed by atoms with Crippen LogP contribution in [-0.4, -0.2) is 62.4 Å². The molecule has 0 bridgehead atoms. The van der Waals surface area contributed by atoms with Gasteiger partial charge in [-0.3, -0.25) is 9.69 Å². The van der Waals surface area contributed by atoms with Crippen molar-refractivity contribution in [1.29, 1.82) is 0 Å². The van der Waals surface area contributed by atoms with Crippen molar-refractivity contribution in [2.24, 2.45) is 0 Å². The van der Waals surface area contributed by atoms with Crippen molar-refractivity contribution >= 4 is 5.78 Å². The van der Waals surface area contributed by atoms with Crippen LogP contribution in [0.15, 0.2) is 24.3 Å². The number of aliphatic hydroxyl groups excluding tert-OH is 1. The van der Waals surface area contributed by atoms with Gasteiger partial charge in [0.15, 0.2) is 5.78 Å². The lowest BCUT2D eigenvalue weighted by Crippen LogP contribution is -2.42. The summed E-state index contributed by atoms with van der Waals surface area (Å²) in [6.45, 7) is 3.45. The fourth-order valence-corrected chi connectivity index (χ4v) is 2.00. The quantitative estimate of drug-likeness (QED) is 0.689. The van der Waals surface area contributed by atoms with Gasteiger partial charge in [0.25, 0.3) is 0 Å².